The fourth-order valence-electron chi connectivity index (χ4n) is 4.38. The molecule has 2 fully saturated rings. The lowest BCUT2D eigenvalue weighted by atomic mass is 9.97. The van der Waals surface area contributed by atoms with Crippen LogP contribution in [0.1, 0.15) is 59.4 Å². The largest absolute Gasteiger partial charge is 0.350 e. The van der Waals surface area contributed by atoms with Gasteiger partial charge in [0.1, 0.15) is 0 Å². The fourth-order valence-corrected chi connectivity index (χ4v) is 5.24. The van der Waals surface area contributed by atoms with Gasteiger partial charge in [-0.25, -0.2) is 0 Å². The van der Waals surface area contributed by atoms with E-state index in [1.807, 2.05) is 29.2 Å². The van der Waals surface area contributed by atoms with Crippen molar-refractivity contribution in [2.24, 2.45) is 5.92 Å². The van der Waals surface area contributed by atoms with Gasteiger partial charge in [0.05, 0.1) is 6.04 Å². The molecule has 0 bridgehead atoms. The van der Waals surface area contributed by atoms with Crippen LogP contribution in [0.4, 0.5) is 0 Å². The first kappa shape index (κ1) is 21.1. The monoisotopic (exact) mass is 425 g/mol. The zero-order valence-corrected chi connectivity index (χ0v) is 18.5. The lowest BCUT2D eigenvalue weighted by Gasteiger charge is -2.36. The maximum absolute atomic E-state index is 12.8. The molecule has 0 aliphatic carbocycles. The number of nitrogens with zero attached hydrogens (tertiary/aromatic N) is 2. The second-order valence-corrected chi connectivity index (χ2v) is 9.55. The number of likely N-dealkylation sites (tertiary alicyclic amines) is 2. The van der Waals surface area contributed by atoms with Gasteiger partial charge in [0.25, 0.3) is 5.91 Å². The Labute approximate surface area is 183 Å². The highest BCUT2D eigenvalue weighted by molar-refractivity contribution is 7.10. The van der Waals surface area contributed by atoms with Gasteiger partial charge in [0.2, 0.25) is 5.91 Å². The highest BCUT2D eigenvalue weighted by Crippen LogP contribution is 2.29. The van der Waals surface area contributed by atoms with E-state index in [0.717, 1.165) is 37.5 Å². The Bertz CT molecular complexity index is 842. The van der Waals surface area contributed by atoms with Crippen LogP contribution < -0.4 is 5.32 Å². The van der Waals surface area contributed by atoms with Crippen molar-refractivity contribution in [3.63, 3.8) is 0 Å². The normalized spacial score (nSPS) is 19.2. The van der Waals surface area contributed by atoms with Gasteiger partial charge in [0, 0.05) is 36.5 Å². The Hall–Kier alpha value is -2.18. The van der Waals surface area contributed by atoms with Crippen molar-refractivity contribution in [3.8, 4) is 0 Å². The minimum atomic E-state index is -0.0364. The topological polar surface area (TPSA) is 52.7 Å². The molecule has 2 saturated heterocycles. The summed E-state index contributed by atoms with van der Waals surface area (Å²) in [6.07, 6.45) is 4.04. The third kappa shape index (κ3) is 5.10. The van der Waals surface area contributed by atoms with Gasteiger partial charge in [0.15, 0.2) is 0 Å². The number of hydrogen-bond donors (Lipinski definition) is 1. The SMILES string of the molecule is CC1CCN(C(CNC(=O)c2ccc(CN3CCCC3=O)cc2)c2cccs2)CC1. The van der Waals surface area contributed by atoms with Crippen LogP contribution in [-0.4, -0.2) is 47.8 Å². The van der Waals surface area contributed by atoms with Crippen LogP contribution in [0.5, 0.6) is 0 Å². The molecule has 1 aromatic carbocycles. The molecule has 30 heavy (non-hydrogen) atoms. The van der Waals surface area contributed by atoms with Crippen LogP contribution in [0.3, 0.4) is 0 Å². The van der Waals surface area contributed by atoms with Gasteiger partial charge in [-0.2, -0.15) is 0 Å². The lowest BCUT2D eigenvalue weighted by molar-refractivity contribution is -0.128. The second kappa shape index (κ2) is 9.75. The average Bonchev–Trinajstić information content (AvgIpc) is 3.42. The molecule has 2 amide bonds. The third-order valence-electron chi connectivity index (χ3n) is 6.35. The average molecular weight is 426 g/mol. The molecular weight excluding hydrogens is 394 g/mol. The van der Waals surface area contributed by atoms with E-state index in [4.69, 9.17) is 0 Å². The van der Waals surface area contributed by atoms with Crippen molar-refractivity contribution in [2.45, 2.75) is 45.2 Å². The summed E-state index contributed by atoms with van der Waals surface area (Å²) in [6.45, 7) is 6.59. The maximum Gasteiger partial charge on any atom is 0.251 e. The van der Waals surface area contributed by atoms with Gasteiger partial charge in [-0.15, -0.1) is 11.3 Å². The molecular formula is C24H31N3O2S. The predicted octanol–water partition coefficient (Wildman–Crippen LogP) is 4.07. The zero-order valence-electron chi connectivity index (χ0n) is 17.7. The number of nitrogens with one attached hydrogen (secondary N) is 1. The molecule has 3 heterocycles. The van der Waals surface area contributed by atoms with Crippen molar-refractivity contribution in [1.82, 2.24) is 15.1 Å². The number of benzene rings is 1. The molecule has 0 saturated carbocycles. The van der Waals surface area contributed by atoms with E-state index in [9.17, 15) is 9.59 Å². The number of hydrogen-bond acceptors (Lipinski definition) is 4. The van der Waals surface area contributed by atoms with Gasteiger partial charge in [-0.1, -0.05) is 25.1 Å². The standard InChI is InChI=1S/C24H31N3O2S/c1-18-10-13-26(14-11-18)21(22-4-3-15-30-22)16-25-24(29)20-8-6-19(7-9-20)17-27-12-2-5-23(27)28/h3-4,6-9,15,18,21H,2,5,10-14,16-17H2,1H3,(H,25,29). The Morgan fingerprint density at radius 1 is 1.17 bits per heavy atom. The summed E-state index contributed by atoms with van der Waals surface area (Å²) in [5, 5.41) is 5.27. The summed E-state index contributed by atoms with van der Waals surface area (Å²) < 4.78 is 0. The van der Waals surface area contributed by atoms with E-state index in [0.29, 0.717) is 25.1 Å². The summed E-state index contributed by atoms with van der Waals surface area (Å²) in [5.41, 5.74) is 1.74. The lowest BCUT2D eigenvalue weighted by Crippen LogP contribution is -2.41. The van der Waals surface area contributed by atoms with E-state index in [-0.39, 0.29) is 17.9 Å². The summed E-state index contributed by atoms with van der Waals surface area (Å²) >= 11 is 1.76. The molecule has 2 aliphatic rings. The Balaban J connectivity index is 1.35. The van der Waals surface area contributed by atoms with Crippen LogP contribution >= 0.6 is 11.3 Å². The zero-order chi connectivity index (χ0) is 20.9. The minimum absolute atomic E-state index is 0.0364. The molecule has 5 nitrogen and oxygen atoms in total. The molecule has 0 spiro atoms. The van der Waals surface area contributed by atoms with Crippen LogP contribution in [0.25, 0.3) is 0 Å². The first-order valence-corrected chi connectivity index (χ1v) is 11.9. The molecule has 2 aromatic rings. The quantitative estimate of drug-likeness (QED) is 0.727. The second-order valence-electron chi connectivity index (χ2n) is 8.58. The molecule has 160 valence electrons. The van der Waals surface area contributed by atoms with Crippen molar-refractivity contribution in [3.05, 3.63) is 57.8 Å². The first-order chi connectivity index (χ1) is 14.6. The van der Waals surface area contributed by atoms with Crippen LogP contribution in [0, 0.1) is 5.92 Å². The number of carbonyl (C=O) groups excluding carboxylic acids is 2. The van der Waals surface area contributed by atoms with Gasteiger partial charge in [-0.3, -0.25) is 14.5 Å². The molecule has 1 unspecified atom stereocenters. The smallest absolute Gasteiger partial charge is 0.251 e. The van der Waals surface area contributed by atoms with E-state index in [1.165, 1.54) is 17.7 Å². The van der Waals surface area contributed by atoms with E-state index in [1.54, 1.807) is 11.3 Å². The summed E-state index contributed by atoms with van der Waals surface area (Å²) in [4.78, 5) is 30.3. The Kier molecular flexibility index (Phi) is 6.85. The van der Waals surface area contributed by atoms with Gasteiger partial charge < -0.3 is 10.2 Å². The molecule has 1 N–H and O–H groups in total. The van der Waals surface area contributed by atoms with Crippen molar-refractivity contribution >= 4 is 23.2 Å². The van der Waals surface area contributed by atoms with Crippen LogP contribution in [0.2, 0.25) is 0 Å². The van der Waals surface area contributed by atoms with Crippen molar-refractivity contribution < 1.29 is 9.59 Å². The number of rotatable bonds is 7. The summed E-state index contributed by atoms with van der Waals surface area (Å²) in [6, 6.07) is 12.2. The first-order valence-electron chi connectivity index (χ1n) is 11.0. The molecule has 1 atom stereocenters. The van der Waals surface area contributed by atoms with Crippen LogP contribution in [0.15, 0.2) is 41.8 Å². The maximum atomic E-state index is 12.8. The predicted molar refractivity (Wildman–Crippen MR) is 120 cm³/mol. The number of thiophene rings is 1. The number of piperidine rings is 1. The number of carbonyl (C=O) groups is 2. The van der Waals surface area contributed by atoms with E-state index >= 15 is 0 Å². The number of amides is 2. The molecule has 1 aromatic heterocycles. The molecule has 6 heteroatoms. The molecule has 0 radical (unpaired) electrons. The summed E-state index contributed by atoms with van der Waals surface area (Å²) in [5.74, 6) is 0.975. The molecule has 2 aliphatic heterocycles. The Morgan fingerprint density at radius 3 is 2.57 bits per heavy atom. The minimum Gasteiger partial charge on any atom is -0.350 e. The summed E-state index contributed by atoms with van der Waals surface area (Å²) in [7, 11) is 0. The van der Waals surface area contributed by atoms with Crippen molar-refractivity contribution in [1.29, 1.82) is 0 Å². The van der Waals surface area contributed by atoms with Gasteiger partial charge >= 0.3 is 0 Å². The van der Waals surface area contributed by atoms with Gasteiger partial charge in [-0.05, 0) is 67.4 Å². The fraction of sp³-hybridized carbons (Fsp3) is 0.500. The highest BCUT2D eigenvalue weighted by Gasteiger charge is 2.26. The Morgan fingerprint density at radius 2 is 1.93 bits per heavy atom. The van der Waals surface area contributed by atoms with Crippen LogP contribution in [-0.2, 0) is 11.3 Å². The highest BCUT2D eigenvalue weighted by atomic mass is 32.1. The van der Waals surface area contributed by atoms with E-state index in [2.05, 4.69) is 34.7 Å². The van der Waals surface area contributed by atoms with E-state index < -0.39 is 0 Å². The molecule has 4 rings (SSSR count). The van der Waals surface area contributed by atoms with Crippen molar-refractivity contribution in [2.75, 3.05) is 26.2 Å². The third-order valence-corrected chi connectivity index (χ3v) is 7.32.